The van der Waals surface area contributed by atoms with E-state index in [2.05, 4.69) is 0 Å². The van der Waals surface area contributed by atoms with Gasteiger partial charge in [-0.05, 0) is 0 Å². The predicted octanol–water partition coefficient (Wildman–Crippen LogP) is 1.40. The van der Waals surface area contributed by atoms with E-state index in [-0.39, 0.29) is 13.0 Å². The highest BCUT2D eigenvalue weighted by Gasteiger charge is 2.15. The zero-order chi connectivity index (χ0) is 13.3. The smallest absolute Gasteiger partial charge is 0.226 e. The summed E-state index contributed by atoms with van der Waals surface area (Å²) in [6.45, 7) is 0.270. The quantitative estimate of drug-likeness (QED) is 0.632. The van der Waals surface area contributed by atoms with Crippen LogP contribution in [0, 0.1) is 11.6 Å². The molecule has 0 N–H and O–H groups in total. The van der Waals surface area contributed by atoms with Crippen LogP contribution < -0.4 is 4.57 Å². The lowest BCUT2D eigenvalue weighted by atomic mass is 10.3. The Kier molecular flexibility index (Phi) is 3.60. The van der Waals surface area contributed by atoms with Crippen LogP contribution in [-0.4, -0.2) is 18.7 Å². The maximum atomic E-state index is 13.1. The maximum absolute atomic E-state index is 13.1. The Balaban J connectivity index is 2.22. The van der Waals surface area contributed by atoms with Crippen LogP contribution in [0.25, 0.3) is 10.2 Å². The summed E-state index contributed by atoms with van der Waals surface area (Å²) in [4.78, 5) is 0. The molecular formula is C10H9F2NO3S2. The van der Waals surface area contributed by atoms with E-state index in [1.807, 2.05) is 0 Å². The Morgan fingerprint density at radius 1 is 1.28 bits per heavy atom. The van der Waals surface area contributed by atoms with Gasteiger partial charge in [-0.2, -0.15) is 4.57 Å². The van der Waals surface area contributed by atoms with Crippen molar-refractivity contribution in [3.8, 4) is 0 Å². The van der Waals surface area contributed by atoms with Gasteiger partial charge in [0, 0.05) is 18.2 Å². The van der Waals surface area contributed by atoms with Gasteiger partial charge < -0.3 is 4.55 Å². The van der Waals surface area contributed by atoms with Gasteiger partial charge in [0.15, 0.2) is 18.2 Å². The first-order chi connectivity index (χ1) is 8.37. The first kappa shape index (κ1) is 13.3. The van der Waals surface area contributed by atoms with Gasteiger partial charge in [0.1, 0.15) is 4.70 Å². The van der Waals surface area contributed by atoms with Gasteiger partial charge >= 0.3 is 0 Å². The average molecular weight is 293 g/mol. The molecule has 0 fully saturated rings. The highest BCUT2D eigenvalue weighted by atomic mass is 32.2. The normalized spacial score (nSPS) is 12.2. The van der Waals surface area contributed by atoms with Crippen molar-refractivity contribution in [3.05, 3.63) is 29.3 Å². The highest BCUT2D eigenvalue weighted by molar-refractivity contribution is 7.85. The number of thiazole rings is 1. The molecule has 0 saturated carbocycles. The summed E-state index contributed by atoms with van der Waals surface area (Å²) in [6.07, 6.45) is 0.140. The Labute approximate surface area is 106 Å². The number of halogens is 2. The molecule has 0 aliphatic rings. The van der Waals surface area contributed by atoms with Crippen molar-refractivity contribution in [2.24, 2.45) is 0 Å². The Bertz CT molecular complexity index is 682. The number of benzene rings is 1. The molecular weight excluding hydrogens is 284 g/mol. The highest BCUT2D eigenvalue weighted by Crippen LogP contribution is 2.19. The van der Waals surface area contributed by atoms with E-state index in [9.17, 15) is 21.8 Å². The first-order valence-corrected chi connectivity index (χ1v) is 7.52. The van der Waals surface area contributed by atoms with Crippen LogP contribution in [0.15, 0.2) is 17.6 Å². The summed E-state index contributed by atoms with van der Waals surface area (Å²) in [5, 5.41) is 0. The van der Waals surface area contributed by atoms with Gasteiger partial charge in [-0.15, -0.1) is 0 Å². The van der Waals surface area contributed by atoms with Gasteiger partial charge in [0.2, 0.25) is 11.0 Å². The van der Waals surface area contributed by atoms with E-state index in [0.29, 0.717) is 10.2 Å². The minimum absolute atomic E-state index is 0.140. The van der Waals surface area contributed by atoms with E-state index in [4.69, 9.17) is 0 Å². The fourth-order valence-corrected chi connectivity index (χ4v) is 3.01. The lowest BCUT2D eigenvalue weighted by Gasteiger charge is -2.03. The fraction of sp³-hybridized carbons (Fsp3) is 0.300. The molecule has 0 amide bonds. The topological polar surface area (TPSA) is 61.1 Å². The number of aryl methyl sites for hydroxylation is 1. The lowest BCUT2D eigenvalue weighted by Crippen LogP contribution is -2.32. The molecule has 0 radical (unpaired) electrons. The van der Waals surface area contributed by atoms with E-state index < -0.39 is 27.5 Å². The number of hydrogen-bond acceptors (Lipinski definition) is 4. The summed E-state index contributed by atoms with van der Waals surface area (Å²) in [5.41, 5.74) is 2.13. The Morgan fingerprint density at radius 3 is 2.61 bits per heavy atom. The molecule has 1 aromatic carbocycles. The third-order valence-corrected chi connectivity index (χ3v) is 4.14. The number of fused-ring (bicyclic) bond motifs is 1. The van der Waals surface area contributed by atoms with E-state index in [0.717, 1.165) is 12.1 Å². The molecule has 0 aliphatic carbocycles. The van der Waals surface area contributed by atoms with Crippen LogP contribution in [0.2, 0.25) is 0 Å². The van der Waals surface area contributed by atoms with Crippen LogP contribution in [-0.2, 0) is 16.7 Å². The van der Waals surface area contributed by atoms with Crippen LogP contribution >= 0.6 is 11.3 Å². The van der Waals surface area contributed by atoms with Crippen molar-refractivity contribution in [2.45, 2.75) is 13.0 Å². The Morgan fingerprint density at radius 2 is 1.94 bits per heavy atom. The summed E-state index contributed by atoms with van der Waals surface area (Å²) in [6, 6.07) is 2.16. The molecule has 0 spiro atoms. The monoisotopic (exact) mass is 293 g/mol. The molecule has 1 aromatic heterocycles. The molecule has 4 nitrogen and oxygen atoms in total. The second-order valence-corrected chi connectivity index (χ2v) is 6.18. The van der Waals surface area contributed by atoms with Gasteiger partial charge in [0.05, 0.1) is 16.2 Å². The van der Waals surface area contributed by atoms with Gasteiger partial charge in [-0.25, -0.2) is 17.2 Å². The summed E-state index contributed by atoms with van der Waals surface area (Å²) < 4.78 is 59.6. The maximum Gasteiger partial charge on any atom is 0.226 e. The van der Waals surface area contributed by atoms with Gasteiger partial charge in [-0.1, -0.05) is 11.3 Å². The first-order valence-electron chi connectivity index (χ1n) is 5.06. The average Bonchev–Trinajstić information content (AvgIpc) is 2.60. The molecule has 0 bridgehead atoms. The van der Waals surface area contributed by atoms with E-state index in [1.165, 1.54) is 11.3 Å². The number of rotatable bonds is 4. The summed E-state index contributed by atoms with van der Waals surface area (Å²) >= 11 is 1.22. The number of hydrogen-bond donors (Lipinski definition) is 0. The molecule has 0 saturated heterocycles. The van der Waals surface area contributed by atoms with Crippen molar-refractivity contribution >= 4 is 31.7 Å². The molecule has 0 unspecified atom stereocenters. The van der Waals surface area contributed by atoms with Crippen molar-refractivity contribution in [2.75, 3.05) is 5.75 Å². The third-order valence-electron chi connectivity index (χ3n) is 2.41. The molecule has 2 rings (SSSR count). The molecule has 0 aliphatic heterocycles. The molecule has 8 heteroatoms. The van der Waals surface area contributed by atoms with E-state index >= 15 is 0 Å². The lowest BCUT2D eigenvalue weighted by molar-refractivity contribution is -0.667. The van der Waals surface area contributed by atoms with Gasteiger partial charge in [-0.3, -0.25) is 0 Å². The minimum Gasteiger partial charge on any atom is -0.748 e. The third kappa shape index (κ3) is 3.01. The summed E-state index contributed by atoms with van der Waals surface area (Å²) in [7, 11) is -4.24. The SMILES string of the molecule is O=S(=O)([O-])CCC[n+]1csc2cc(F)c(F)cc21. The van der Waals surface area contributed by atoms with E-state index in [1.54, 1.807) is 10.1 Å². The Hall–Kier alpha value is -1.12. The van der Waals surface area contributed by atoms with Crippen LogP contribution in [0.3, 0.4) is 0 Å². The minimum atomic E-state index is -4.24. The molecule has 18 heavy (non-hydrogen) atoms. The van der Waals surface area contributed by atoms with Crippen LogP contribution in [0.5, 0.6) is 0 Å². The molecule has 98 valence electrons. The molecule has 1 heterocycles. The predicted molar refractivity (Wildman–Crippen MR) is 61.1 cm³/mol. The molecule has 0 atom stereocenters. The number of aromatic nitrogens is 1. The van der Waals surface area contributed by atoms with Crippen molar-refractivity contribution in [3.63, 3.8) is 0 Å². The zero-order valence-corrected chi connectivity index (χ0v) is 10.7. The largest absolute Gasteiger partial charge is 0.748 e. The van der Waals surface area contributed by atoms with Gasteiger partial charge in [0.25, 0.3) is 0 Å². The zero-order valence-electron chi connectivity index (χ0n) is 9.10. The van der Waals surface area contributed by atoms with Crippen molar-refractivity contribution < 1.29 is 26.3 Å². The van der Waals surface area contributed by atoms with Crippen molar-refractivity contribution in [1.29, 1.82) is 0 Å². The fourth-order valence-electron chi connectivity index (χ4n) is 1.60. The summed E-state index contributed by atoms with van der Waals surface area (Å²) in [5.74, 6) is -2.34. The van der Waals surface area contributed by atoms with Crippen molar-refractivity contribution in [1.82, 2.24) is 0 Å². The van der Waals surface area contributed by atoms with Crippen LogP contribution in [0.1, 0.15) is 6.42 Å². The second kappa shape index (κ2) is 4.87. The van der Waals surface area contributed by atoms with Crippen LogP contribution in [0.4, 0.5) is 8.78 Å². The molecule has 2 aromatic rings. The standard InChI is InChI=1S/C10H9F2NO3S2/c11-7-4-9-10(5-8(7)12)17-6-13(9)2-1-3-18(14,15)16/h4-6H,1-3H2. The second-order valence-electron chi connectivity index (χ2n) is 3.77. The number of nitrogens with zero attached hydrogens (tertiary/aromatic N) is 1.